The summed E-state index contributed by atoms with van der Waals surface area (Å²) in [5, 5.41) is 4.99. The van der Waals surface area contributed by atoms with Gasteiger partial charge in [-0.2, -0.15) is 0 Å². The Labute approximate surface area is 348 Å². The van der Waals surface area contributed by atoms with E-state index in [-0.39, 0.29) is 0 Å². The summed E-state index contributed by atoms with van der Waals surface area (Å²) in [5.41, 5.74) is 17.3. The minimum absolute atomic E-state index is 1.15. The van der Waals surface area contributed by atoms with Crippen LogP contribution >= 0.6 is 23.5 Å². The molecule has 2 aliphatic rings. The first-order valence-electron chi connectivity index (χ1n) is 19.9. The van der Waals surface area contributed by atoms with E-state index in [1.54, 1.807) is 0 Å². The van der Waals surface area contributed by atoms with E-state index >= 15 is 0 Å². The number of aryl methyl sites for hydroxylation is 4. The molecule has 278 valence electrons. The molecular weight excluding hydrogens is 741 g/mol. The lowest BCUT2D eigenvalue weighted by Gasteiger charge is -2.34. The summed E-state index contributed by atoms with van der Waals surface area (Å²) in [6, 6.07) is 63.5. The molecule has 0 radical (unpaired) electrons. The van der Waals surface area contributed by atoms with Crippen molar-refractivity contribution in [3.05, 3.63) is 192 Å². The lowest BCUT2D eigenvalue weighted by molar-refractivity contribution is 1.17. The largest absolute Gasteiger partial charge is 0.308 e. The molecular formula is C54H40N2S2. The fourth-order valence-electron chi connectivity index (χ4n) is 9.22. The van der Waals surface area contributed by atoms with Crippen LogP contribution in [0.3, 0.4) is 0 Å². The van der Waals surface area contributed by atoms with Crippen LogP contribution in [0.5, 0.6) is 0 Å². The van der Waals surface area contributed by atoms with Crippen molar-refractivity contribution in [1.29, 1.82) is 0 Å². The highest BCUT2D eigenvalue weighted by Gasteiger charge is 2.28. The number of hydrogen-bond acceptors (Lipinski definition) is 4. The number of para-hydroxylation sites is 4. The van der Waals surface area contributed by atoms with Gasteiger partial charge in [0.25, 0.3) is 0 Å². The maximum Gasteiger partial charge on any atom is 0.0601 e. The Morgan fingerprint density at radius 2 is 0.672 bits per heavy atom. The van der Waals surface area contributed by atoms with Gasteiger partial charge in [-0.05, 0) is 155 Å². The summed E-state index contributed by atoms with van der Waals surface area (Å²) in [6.45, 7) is 8.92. The van der Waals surface area contributed by atoms with Gasteiger partial charge >= 0.3 is 0 Å². The van der Waals surface area contributed by atoms with Crippen molar-refractivity contribution < 1.29 is 0 Å². The Kier molecular flexibility index (Phi) is 8.28. The minimum Gasteiger partial charge on any atom is -0.308 e. The van der Waals surface area contributed by atoms with E-state index in [9.17, 15) is 0 Å². The summed E-state index contributed by atoms with van der Waals surface area (Å²) in [7, 11) is 0. The van der Waals surface area contributed by atoms with Gasteiger partial charge in [0.15, 0.2) is 0 Å². The first kappa shape index (κ1) is 35.0. The maximum atomic E-state index is 2.46. The van der Waals surface area contributed by atoms with Crippen LogP contribution in [0.1, 0.15) is 22.3 Å². The number of hydrogen-bond donors (Lipinski definition) is 0. The average Bonchev–Trinajstić information content (AvgIpc) is 3.24. The SMILES string of the molecule is Cc1ccc(-c2c3ccc(N4c5ccccc5Sc5ccccc54)cc3c(-c3ccc(C)cc3C)c3ccc(N4c5ccccc5Sc5ccccc54)cc23)c(C)c1. The first-order chi connectivity index (χ1) is 28.4. The van der Waals surface area contributed by atoms with Gasteiger partial charge in [0.2, 0.25) is 0 Å². The smallest absolute Gasteiger partial charge is 0.0601 e. The predicted molar refractivity (Wildman–Crippen MR) is 249 cm³/mol. The lowest BCUT2D eigenvalue weighted by atomic mass is 9.83. The van der Waals surface area contributed by atoms with Gasteiger partial charge in [-0.15, -0.1) is 0 Å². The monoisotopic (exact) mass is 780 g/mol. The van der Waals surface area contributed by atoms with Crippen LogP contribution < -0.4 is 9.80 Å². The number of fused-ring (bicyclic) bond motifs is 6. The molecule has 58 heavy (non-hydrogen) atoms. The summed E-state index contributed by atoms with van der Waals surface area (Å²) < 4.78 is 0. The number of anilines is 6. The number of benzene rings is 9. The molecule has 0 bridgehead atoms. The third-order valence-electron chi connectivity index (χ3n) is 11.8. The van der Waals surface area contributed by atoms with Crippen molar-refractivity contribution in [1.82, 2.24) is 0 Å². The Morgan fingerprint density at radius 3 is 1.02 bits per heavy atom. The van der Waals surface area contributed by atoms with Crippen LogP contribution in [0.15, 0.2) is 189 Å². The predicted octanol–water partition coefficient (Wildman–Crippen LogP) is 16.4. The maximum absolute atomic E-state index is 2.46. The minimum atomic E-state index is 1.15. The molecule has 0 amide bonds. The Hall–Kier alpha value is -6.20. The topological polar surface area (TPSA) is 6.48 Å². The van der Waals surface area contributed by atoms with Crippen molar-refractivity contribution in [2.75, 3.05) is 9.80 Å². The molecule has 0 spiro atoms. The molecule has 0 N–H and O–H groups in total. The van der Waals surface area contributed by atoms with Crippen LogP contribution in [0.25, 0.3) is 43.8 Å². The van der Waals surface area contributed by atoms with E-state index in [0.29, 0.717) is 0 Å². The zero-order valence-electron chi connectivity index (χ0n) is 32.9. The highest BCUT2D eigenvalue weighted by atomic mass is 32.2. The van der Waals surface area contributed by atoms with Gasteiger partial charge in [-0.3, -0.25) is 0 Å². The van der Waals surface area contributed by atoms with Crippen molar-refractivity contribution in [2.45, 2.75) is 47.3 Å². The van der Waals surface area contributed by atoms with Gasteiger partial charge in [0.1, 0.15) is 0 Å². The molecule has 2 heterocycles. The summed E-state index contributed by atoms with van der Waals surface area (Å²) >= 11 is 3.70. The Morgan fingerprint density at radius 1 is 0.328 bits per heavy atom. The zero-order valence-corrected chi connectivity index (χ0v) is 34.5. The molecule has 9 aromatic carbocycles. The van der Waals surface area contributed by atoms with Gasteiger partial charge in [-0.25, -0.2) is 0 Å². The van der Waals surface area contributed by atoms with Crippen molar-refractivity contribution in [3.63, 3.8) is 0 Å². The van der Waals surface area contributed by atoms with Gasteiger partial charge in [-0.1, -0.05) is 132 Å². The highest BCUT2D eigenvalue weighted by molar-refractivity contribution is 8.00. The summed E-state index contributed by atoms with van der Waals surface area (Å²) in [4.78, 5) is 9.96. The average molecular weight is 781 g/mol. The quantitative estimate of drug-likeness (QED) is 0.164. The van der Waals surface area contributed by atoms with Crippen molar-refractivity contribution >= 4 is 79.2 Å². The normalized spacial score (nSPS) is 13.0. The van der Waals surface area contributed by atoms with E-state index in [0.717, 1.165) is 11.4 Å². The van der Waals surface area contributed by atoms with Gasteiger partial charge in [0.05, 0.1) is 22.7 Å². The Bertz CT molecular complexity index is 2840. The first-order valence-corrected chi connectivity index (χ1v) is 21.6. The summed E-state index contributed by atoms with van der Waals surface area (Å²) in [6.07, 6.45) is 0. The molecule has 0 fully saturated rings. The Balaban J connectivity index is 1.26. The third-order valence-corrected chi connectivity index (χ3v) is 14.0. The second-order valence-corrected chi connectivity index (χ2v) is 17.8. The molecule has 0 aliphatic carbocycles. The molecule has 2 aliphatic heterocycles. The van der Waals surface area contributed by atoms with Crippen LogP contribution in [-0.4, -0.2) is 0 Å². The molecule has 9 aromatic rings. The van der Waals surface area contributed by atoms with E-state index in [1.807, 2.05) is 23.5 Å². The molecule has 0 saturated carbocycles. The van der Waals surface area contributed by atoms with E-state index in [1.165, 1.54) is 108 Å². The molecule has 2 nitrogen and oxygen atoms in total. The zero-order chi connectivity index (χ0) is 39.1. The number of nitrogens with zero attached hydrogens (tertiary/aromatic N) is 2. The van der Waals surface area contributed by atoms with Crippen molar-refractivity contribution in [2.24, 2.45) is 0 Å². The van der Waals surface area contributed by atoms with Gasteiger partial charge < -0.3 is 9.80 Å². The molecule has 0 atom stereocenters. The fourth-order valence-corrected chi connectivity index (χ4v) is 11.3. The molecule has 0 unspecified atom stereocenters. The highest BCUT2D eigenvalue weighted by Crippen LogP contribution is 2.55. The third kappa shape index (κ3) is 5.58. The lowest BCUT2D eigenvalue weighted by Crippen LogP contribution is -2.15. The summed E-state index contributed by atoms with van der Waals surface area (Å²) in [5.74, 6) is 0. The van der Waals surface area contributed by atoms with E-state index in [4.69, 9.17) is 0 Å². The standard InChI is InChI=1S/C54H40N2S2/c1-33-21-25-39(35(3)29-33)53-41-27-23-38(56-47-15-7-11-19-51(47)58-52-20-12-8-16-48(52)56)32-44(41)54(40-26-22-34(2)30-36(40)4)42-28-24-37(31-43(42)53)55-45-13-5-9-17-49(45)57-50-18-10-6-14-46(50)55/h5-32H,1-4H3. The van der Waals surface area contributed by atoms with Crippen LogP contribution in [0.2, 0.25) is 0 Å². The van der Waals surface area contributed by atoms with Crippen LogP contribution in [-0.2, 0) is 0 Å². The fraction of sp³-hybridized carbons (Fsp3) is 0.0741. The van der Waals surface area contributed by atoms with Crippen molar-refractivity contribution in [3.8, 4) is 22.3 Å². The molecule has 0 aromatic heterocycles. The van der Waals surface area contributed by atoms with Crippen LogP contribution in [0.4, 0.5) is 34.1 Å². The second kappa shape index (κ2) is 13.7. The molecule has 4 heteroatoms. The second-order valence-electron chi connectivity index (χ2n) is 15.6. The van der Waals surface area contributed by atoms with Gasteiger partial charge in [0, 0.05) is 31.0 Å². The number of rotatable bonds is 4. The molecule has 11 rings (SSSR count). The van der Waals surface area contributed by atoms with E-state index in [2.05, 4.69) is 207 Å². The molecule has 0 saturated heterocycles. The van der Waals surface area contributed by atoms with E-state index < -0.39 is 0 Å². The van der Waals surface area contributed by atoms with Crippen LogP contribution in [0, 0.1) is 27.7 Å².